The van der Waals surface area contributed by atoms with Crippen molar-refractivity contribution in [3.8, 4) is 0 Å². The number of benzene rings is 2. The van der Waals surface area contributed by atoms with Gasteiger partial charge < -0.3 is 15.4 Å². The lowest BCUT2D eigenvalue weighted by molar-refractivity contribution is 0.201. The zero-order chi connectivity index (χ0) is 15.9. The maximum absolute atomic E-state index is 5.03. The lowest BCUT2D eigenvalue weighted by Crippen LogP contribution is -1.97. The summed E-state index contributed by atoms with van der Waals surface area (Å²) >= 11 is 1.36. The molecule has 0 saturated carbocycles. The minimum atomic E-state index is 0.635. The van der Waals surface area contributed by atoms with Crippen LogP contribution in [0.25, 0.3) is 0 Å². The van der Waals surface area contributed by atoms with Crippen molar-refractivity contribution in [2.75, 3.05) is 24.4 Å². The third-order valence-corrected chi connectivity index (χ3v) is 3.86. The molecule has 0 aliphatic heterocycles. The van der Waals surface area contributed by atoms with Crippen LogP contribution in [0, 0.1) is 0 Å². The van der Waals surface area contributed by atoms with Crippen LogP contribution in [0.2, 0.25) is 0 Å². The normalized spacial score (nSPS) is 10.5. The molecule has 0 radical (unpaired) electrons. The molecule has 0 aliphatic carbocycles. The van der Waals surface area contributed by atoms with Gasteiger partial charge in [0, 0.05) is 42.1 Å². The second-order valence-electron chi connectivity index (χ2n) is 4.95. The van der Waals surface area contributed by atoms with E-state index >= 15 is 0 Å². The van der Waals surface area contributed by atoms with Gasteiger partial charge in [0.25, 0.3) is 0 Å². The number of hydrogen-bond donors (Lipinski definition) is 2. The number of nitrogens with one attached hydrogen (secondary N) is 2. The maximum atomic E-state index is 5.03. The lowest BCUT2D eigenvalue weighted by atomic mass is 10.2. The number of methoxy groups -OCH3 is 1. The van der Waals surface area contributed by atoms with Gasteiger partial charge in [-0.1, -0.05) is 18.2 Å². The van der Waals surface area contributed by atoms with Crippen LogP contribution in [-0.2, 0) is 11.2 Å². The summed E-state index contributed by atoms with van der Waals surface area (Å²) in [6.07, 6.45) is 0.731. The van der Waals surface area contributed by atoms with Gasteiger partial charge in [-0.15, -0.1) is 0 Å². The summed E-state index contributed by atoms with van der Waals surface area (Å²) < 4.78 is 9.33. The van der Waals surface area contributed by atoms with Crippen molar-refractivity contribution in [2.45, 2.75) is 6.42 Å². The molecule has 3 rings (SSSR count). The number of hydrogen-bond acceptors (Lipinski definition) is 6. The van der Waals surface area contributed by atoms with E-state index in [-0.39, 0.29) is 0 Å². The summed E-state index contributed by atoms with van der Waals surface area (Å²) in [4.78, 5) is 4.43. The number of aromatic nitrogens is 2. The van der Waals surface area contributed by atoms with Crippen LogP contribution in [-0.4, -0.2) is 23.1 Å². The van der Waals surface area contributed by atoms with Gasteiger partial charge in [0.15, 0.2) is 0 Å². The zero-order valence-electron chi connectivity index (χ0n) is 12.8. The van der Waals surface area contributed by atoms with Crippen molar-refractivity contribution in [1.29, 1.82) is 0 Å². The minimum absolute atomic E-state index is 0.635. The van der Waals surface area contributed by atoms with E-state index < -0.39 is 0 Å². The third kappa shape index (κ3) is 4.51. The molecule has 5 nitrogen and oxygen atoms in total. The Hall–Kier alpha value is -2.44. The zero-order valence-corrected chi connectivity index (χ0v) is 13.6. The summed E-state index contributed by atoms with van der Waals surface area (Å²) in [7, 11) is 1.68. The van der Waals surface area contributed by atoms with Crippen molar-refractivity contribution >= 4 is 33.7 Å². The molecular formula is C17H18N4OS. The van der Waals surface area contributed by atoms with Gasteiger partial charge >= 0.3 is 0 Å². The van der Waals surface area contributed by atoms with E-state index in [2.05, 4.69) is 20.0 Å². The van der Waals surface area contributed by atoms with Gasteiger partial charge in [-0.3, -0.25) is 0 Å². The van der Waals surface area contributed by atoms with Crippen LogP contribution in [0.4, 0.5) is 22.2 Å². The molecule has 118 valence electrons. The number of nitrogens with zero attached hydrogens (tertiary/aromatic N) is 2. The van der Waals surface area contributed by atoms with Gasteiger partial charge in [-0.2, -0.15) is 4.37 Å². The van der Waals surface area contributed by atoms with Gasteiger partial charge in [-0.05, 0) is 36.4 Å². The highest BCUT2D eigenvalue weighted by atomic mass is 32.1. The molecule has 0 bridgehead atoms. The van der Waals surface area contributed by atoms with E-state index in [1.54, 1.807) is 7.11 Å². The average molecular weight is 326 g/mol. The van der Waals surface area contributed by atoms with Gasteiger partial charge in [0.2, 0.25) is 5.13 Å². The summed E-state index contributed by atoms with van der Waals surface area (Å²) in [5.41, 5.74) is 3.10. The van der Waals surface area contributed by atoms with Gasteiger partial charge in [-0.25, -0.2) is 4.98 Å². The molecule has 1 heterocycles. The van der Waals surface area contributed by atoms with Gasteiger partial charge in [0.1, 0.15) is 5.82 Å². The van der Waals surface area contributed by atoms with Crippen LogP contribution < -0.4 is 10.6 Å². The largest absolute Gasteiger partial charge is 0.384 e. The SMILES string of the molecule is COCCc1nsc(Nc2ccc(Nc3ccccc3)cc2)n1. The second-order valence-corrected chi connectivity index (χ2v) is 5.70. The molecule has 3 aromatic rings. The highest BCUT2D eigenvalue weighted by molar-refractivity contribution is 7.09. The first kappa shape index (κ1) is 15.5. The Morgan fingerprint density at radius 2 is 1.57 bits per heavy atom. The summed E-state index contributed by atoms with van der Waals surface area (Å²) in [5, 5.41) is 7.41. The van der Waals surface area contributed by atoms with Crippen LogP contribution >= 0.6 is 11.5 Å². The number of para-hydroxylation sites is 1. The molecule has 1 aromatic heterocycles. The fourth-order valence-corrected chi connectivity index (χ4v) is 2.68. The van der Waals surface area contributed by atoms with Crippen molar-refractivity contribution in [3.05, 3.63) is 60.4 Å². The minimum Gasteiger partial charge on any atom is -0.384 e. The van der Waals surface area contributed by atoms with E-state index in [0.29, 0.717) is 6.61 Å². The van der Waals surface area contributed by atoms with Crippen molar-refractivity contribution in [3.63, 3.8) is 0 Å². The first-order valence-electron chi connectivity index (χ1n) is 7.34. The molecule has 0 unspecified atom stereocenters. The molecule has 0 atom stereocenters. The predicted octanol–water partition coefficient (Wildman–Crippen LogP) is 4.21. The standard InChI is InChI=1S/C17H18N4OS/c1-22-12-11-16-20-17(23-21-16)19-15-9-7-14(8-10-15)18-13-5-3-2-4-6-13/h2-10,18H,11-12H2,1H3,(H,19,20,21). The number of rotatable bonds is 7. The monoisotopic (exact) mass is 326 g/mol. The smallest absolute Gasteiger partial charge is 0.207 e. The van der Waals surface area contributed by atoms with E-state index in [1.165, 1.54) is 11.5 Å². The molecule has 23 heavy (non-hydrogen) atoms. The van der Waals surface area contributed by atoms with Gasteiger partial charge in [0.05, 0.1) is 6.61 Å². The molecule has 0 spiro atoms. The second kappa shape index (κ2) is 7.71. The Kier molecular flexibility index (Phi) is 5.18. The number of anilines is 4. The topological polar surface area (TPSA) is 59.1 Å². The Bertz CT molecular complexity index is 728. The van der Waals surface area contributed by atoms with Crippen molar-refractivity contribution in [1.82, 2.24) is 9.36 Å². The van der Waals surface area contributed by atoms with Crippen LogP contribution in [0.15, 0.2) is 54.6 Å². The Morgan fingerprint density at radius 1 is 0.913 bits per heavy atom. The summed E-state index contributed by atoms with van der Waals surface area (Å²) in [5.74, 6) is 0.807. The molecular weight excluding hydrogens is 308 g/mol. The summed E-state index contributed by atoms with van der Waals surface area (Å²) in [6, 6.07) is 18.2. The first-order chi connectivity index (χ1) is 11.3. The Labute approximate surface area is 139 Å². The Balaban J connectivity index is 1.60. The van der Waals surface area contributed by atoms with Crippen molar-refractivity contribution < 1.29 is 4.74 Å². The molecule has 2 aromatic carbocycles. The van der Waals surface area contributed by atoms with Crippen LogP contribution in [0.1, 0.15) is 5.82 Å². The lowest BCUT2D eigenvalue weighted by Gasteiger charge is -2.07. The molecule has 0 aliphatic rings. The first-order valence-corrected chi connectivity index (χ1v) is 8.11. The molecule has 0 saturated heterocycles. The third-order valence-electron chi connectivity index (χ3n) is 3.20. The fourth-order valence-electron chi connectivity index (χ4n) is 2.05. The summed E-state index contributed by atoms with van der Waals surface area (Å²) in [6.45, 7) is 0.635. The molecule has 0 amide bonds. The maximum Gasteiger partial charge on any atom is 0.207 e. The molecule has 0 fully saturated rings. The van der Waals surface area contributed by atoms with Crippen LogP contribution in [0.3, 0.4) is 0 Å². The predicted molar refractivity (Wildman–Crippen MR) is 94.9 cm³/mol. The highest BCUT2D eigenvalue weighted by Crippen LogP contribution is 2.22. The molecule has 6 heteroatoms. The van der Waals surface area contributed by atoms with E-state index in [4.69, 9.17) is 4.74 Å². The Morgan fingerprint density at radius 3 is 2.26 bits per heavy atom. The van der Waals surface area contributed by atoms with Crippen LogP contribution in [0.5, 0.6) is 0 Å². The van der Waals surface area contributed by atoms with E-state index in [1.807, 2.05) is 54.6 Å². The fraction of sp³-hybridized carbons (Fsp3) is 0.176. The quantitative estimate of drug-likeness (QED) is 0.681. The van der Waals surface area contributed by atoms with E-state index in [9.17, 15) is 0 Å². The molecule has 2 N–H and O–H groups in total. The average Bonchev–Trinajstić information content (AvgIpc) is 3.03. The highest BCUT2D eigenvalue weighted by Gasteiger charge is 2.04. The number of ether oxygens (including phenoxy) is 1. The van der Waals surface area contributed by atoms with E-state index in [0.717, 1.165) is 34.4 Å². The van der Waals surface area contributed by atoms with Crippen molar-refractivity contribution in [2.24, 2.45) is 0 Å².